The molecule has 5 nitrogen and oxygen atoms in total. The van der Waals surface area contributed by atoms with Crippen molar-refractivity contribution in [2.45, 2.75) is 26.9 Å². The topological polar surface area (TPSA) is 78.6 Å². The third-order valence-corrected chi connectivity index (χ3v) is 5.33. The first-order valence-electron chi connectivity index (χ1n) is 9.36. The van der Waals surface area contributed by atoms with Crippen LogP contribution in [0.15, 0.2) is 65.7 Å². The van der Waals surface area contributed by atoms with Crippen LogP contribution in [0.1, 0.15) is 32.4 Å². The molecule has 1 saturated carbocycles. The fourth-order valence-corrected chi connectivity index (χ4v) is 3.67. The second-order valence-electron chi connectivity index (χ2n) is 7.79. The molecule has 1 unspecified atom stereocenters. The van der Waals surface area contributed by atoms with Gasteiger partial charge in [-0.3, -0.25) is 9.59 Å². The van der Waals surface area contributed by atoms with Gasteiger partial charge in [0.25, 0.3) is 5.91 Å². The number of nitrogens with two attached hydrogens (primary N) is 1. The molecule has 0 radical (unpaired) electrons. The Kier molecular flexibility index (Phi) is 5.99. The molecule has 1 aliphatic rings. The fraction of sp³-hybridized carbons (Fsp3) is 0.304. The molecule has 0 heterocycles. The second-order valence-corrected chi connectivity index (χ2v) is 8.38. The lowest BCUT2D eigenvalue weighted by Gasteiger charge is -2.16. The minimum atomic E-state index is -1.19. The number of hydrogen-bond acceptors (Lipinski definition) is 4. The number of benzene rings is 2. The van der Waals surface area contributed by atoms with Crippen LogP contribution < -0.4 is 10.5 Å². The van der Waals surface area contributed by atoms with E-state index in [2.05, 4.69) is 0 Å². The maximum Gasteiger partial charge on any atom is 0.311 e. The van der Waals surface area contributed by atoms with Crippen LogP contribution in [0.3, 0.4) is 0 Å². The first-order chi connectivity index (χ1) is 13.7. The van der Waals surface area contributed by atoms with Crippen molar-refractivity contribution in [1.29, 1.82) is 0 Å². The molecular formula is C23H24ClNO4. The number of carbonyl (C=O) groups is 2. The predicted molar refractivity (Wildman–Crippen MR) is 111 cm³/mol. The second kappa shape index (κ2) is 8.29. The average Bonchev–Trinajstić information content (AvgIpc) is 3.19. The minimum Gasteiger partial charge on any atom is -0.457 e. The number of para-hydroxylation sites is 1. The van der Waals surface area contributed by atoms with Gasteiger partial charge in [-0.2, -0.15) is 0 Å². The smallest absolute Gasteiger partial charge is 0.311 e. The van der Waals surface area contributed by atoms with Crippen molar-refractivity contribution in [1.82, 2.24) is 0 Å². The van der Waals surface area contributed by atoms with Gasteiger partial charge in [-0.1, -0.05) is 61.9 Å². The lowest BCUT2D eigenvalue weighted by atomic mass is 10.1. The van der Waals surface area contributed by atoms with E-state index in [1.165, 1.54) is 0 Å². The fourth-order valence-electron chi connectivity index (χ4n) is 3.53. The first-order valence-corrected chi connectivity index (χ1v) is 9.74. The zero-order valence-electron chi connectivity index (χ0n) is 16.6. The summed E-state index contributed by atoms with van der Waals surface area (Å²) in [7, 11) is 0. The molecular weight excluding hydrogens is 390 g/mol. The number of halogens is 1. The molecule has 0 saturated heterocycles. The molecule has 2 aromatic rings. The van der Waals surface area contributed by atoms with E-state index in [1.807, 2.05) is 50.3 Å². The third kappa shape index (κ3) is 4.80. The maximum atomic E-state index is 12.7. The van der Waals surface area contributed by atoms with Gasteiger partial charge in [-0.15, -0.1) is 0 Å². The van der Waals surface area contributed by atoms with E-state index < -0.39 is 18.0 Å². The molecule has 152 valence electrons. The molecule has 2 N–H and O–H groups in total. The van der Waals surface area contributed by atoms with E-state index in [9.17, 15) is 9.59 Å². The molecule has 0 spiro atoms. The van der Waals surface area contributed by atoms with Crippen LogP contribution in [0.25, 0.3) is 0 Å². The molecule has 3 atom stereocenters. The van der Waals surface area contributed by atoms with Gasteiger partial charge in [0.2, 0.25) is 6.10 Å². The Morgan fingerprint density at radius 1 is 1.10 bits per heavy atom. The van der Waals surface area contributed by atoms with Crippen LogP contribution >= 0.6 is 11.6 Å². The summed E-state index contributed by atoms with van der Waals surface area (Å²) in [5.74, 6) is -0.443. The Balaban J connectivity index is 1.77. The SMILES string of the molecule is C/C(Cl)=C/[C@@H]1[C@H](C(=O)OC(C(N)=O)c2cccc(Oc3ccccc3)c2)C1(C)C. The Bertz CT molecular complexity index is 935. The van der Waals surface area contributed by atoms with E-state index >= 15 is 0 Å². The van der Waals surface area contributed by atoms with Crippen molar-refractivity contribution in [3.05, 3.63) is 71.3 Å². The highest BCUT2D eigenvalue weighted by molar-refractivity contribution is 6.29. The number of esters is 1. The van der Waals surface area contributed by atoms with E-state index in [0.717, 1.165) is 0 Å². The Labute approximate surface area is 175 Å². The zero-order chi connectivity index (χ0) is 21.2. The number of hydrogen-bond donors (Lipinski definition) is 1. The molecule has 29 heavy (non-hydrogen) atoms. The van der Waals surface area contributed by atoms with Gasteiger partial charge in [-0.25, -0.2) is 0 Å². The molecule has 0 bridgehead atoms. The lowest BCUT2D eigenvalue weighted by Crippen LogP contribution is -2.27. The number of rotatable bonds is 7. The highest BCUT2D eigenvalue weighted by Crippen LogP contribution is 2.60. The first kappa shape index (κ1) is 20.9. The van der Waals surface area contributed by atoms with E-state index in [-0.39, 0.29) is 17.3 Å². The van der Waals surface area contributed by atoms with Crippen molar-refractivity contribution < 1.29 is 19.1 Å². The van der Waals surface area contributed by atoms with Gasteiger partial charge < -0.3 is 15.2 Å². The molecule has 1 amide bonds. The predicted octanol–water partition coefficient (Wildman–Crippen LogP) is 4.96. The third-order valence-electron chi connectivity index (χ3n) is 5.21. The largest absolute Gasteiger partial charge is 0.457 e. The summed E-state index contributed by atoms with van der Waals surface area (Å²) in [4.78, 5) is 24.8. The van der Waals surface area contributed by atoms with Gasteiger partial charge in [0.15, 0.2) is 0 Å². The van der Waals surface area contributed by atoms with Gasteiger partial charge in [0.1, 0.15) is 11.5 Å². The van der Waals surface area contributed by atoms with Gasteiger partial charge in [0.05, 0.1) is 5.92 Å². The number of ether oxygens (including phenoxy) is 2. The highest BCUT2D eigenvalue weighted by Gasteiger charge is 2.61. The molecule has 1 aliphatic carbocycles. The van der Waals surface area contributed by atoms with Gasteiger partial charge in [-0.05, 0) is 42.5 Å². The Morgan fingerprint density at radius 3 is 2.38 bits per heavy atom. The Morgan fingerprint density at radius 2 is 1.76 bits per heavy atom. The summed E-state index contributed by atoms with van der Waals surface area (Å²) in [5, 5.41) is 0.621. The summed E-state index contributed by atoms with van der Waals surface area (Å²) >= 11 is 5.97. The van der Waals surface area contributed by atoms with E-state index in [0.29, 0.717) is 22.1 Å². The number of amides is 1. The van der Waals surface area contributed by atoms with Crippen molar-refractivity contribution in [2.75, 3.05) is 0 Å². The number of primary amides is 1. The minimum absolute atomic E-state index is 0.0335. The molecule has 3 rings (SSSR count). The van der Waals surface area contributed by atoms with Crippen LogP contribution in [0, 0.1) is 17.3 Å². The summed E-state index contributed by atoms with van der Waals surface area (Å²) < 4.78 is 11.3. The van der Waals surface area contributed by atoms with Crippen molar-refractivity contribution >= 4 is 23.5 Å². The van der Waals surface area contributed by atoms with Crippen LogP contribution in [0.4, 0.5) is 0 Å². The van der Waals surface area contributed by atoms with E-state index in [1.54, 1.807) is 31.2 Å². The van der Waals surface area contributed by atoms with Gasteiger partial charge >= 0.3 is 5.97 Å². The number of allylic oxidation sites excluding steroid dienone is 2. The Hall–Kier alpha value is -2.79. The van der Waals surface area contributed by atoms with Gasteiger partial charge in [0, 0.05) is 10.6 Å². The molecule has 0 aromatic heterocycles. The van der Waals surface area contributed by atoms with Crippen LogP contribution in [0.5, 0.6) is 11.5 Å². The molecule has 2 aromatic carbocycles. The van der Waals surface area contributed by atoms with Crippen LogP contribution in [-0.2, 0) is 14.3 Å². The summed E-state index contributed by atoms with van der Waals surface area (Å²) in [5.41, 5.74) is 5.71. The quantitative estimate of drug-likeness (QED) is 0.650. The maximum absolute atomic E-state index is 12.7. The van der Waals surface area contributed by atoms with E-state index in [4.69, 9.17) is 26.8 Å². The molecule has 0 aliphatic heterocycles. The zero-order valence-corrected chi connectivity index (χ0v) is 17.3. The standard InChI is InChI=1S/C23H24ClNO4/c1-14(24)12-18-19(23(18,2)3)22(27)29-20(21(25)26)15-8-7-11-17(13-15)28-16-9-5-4-6-10-16/h4-13,18-20H,1-3H3,(H2,25,26)/b14-12-/t18-,19-,20?/m1/s1. The summed E-state index contributed by atoms with van der Waals surface area (Å²) in [6.07, 6.45) is 0.654. The summed E-state index contributed by atoms with van der Waals surface area (Å²) in [6.45, 7) is 5.70. The van der Waals surface area contributed by atoms with Crippen LogP contribution in [-0.4, -0.2) is 11.9 Å². The number of carbonyl (C=O) groups excluding carboxylic acids is 2. The van der Waals surface area contributed by atoms with Crippen molar-refractivity contribution in [2.24, 2.45) is 23.0 Å². The summed E-state index contributed by atoms with van der Waals surface area (Å²) in [6, 6.07) is 16.0. The lowest BCUT2D eigenvalue weighted by molar-refractivity contribution is -0.157. The highest BCUT2D eigenvalue weighted by atomic mass is 35.5. The average molecular weight is 414 g/mol. The molecule has 6 heteroatoms. The van der Waals surface area contributed by atoms with Crippen molar-refractivity contribution in [3.8, 4) is 11.5 Å². The van der Waals surface area contributed by atoms with Crippen molar-refractivity contribution in [3.63, 3.8) is 0 Å². The normalized spacial score (nSPS) is 21.2. The monoisotopic (exact) mass is 413 g/mol. The molecule has 1 fully saturated rings. The van der Waals surface area contributed by atoms with Crippen LogP contribution in [0.2, 0.25) is 0 Å².